The van der Waals surface area contributed by atoms with Crippen LogP contribution in [0.15, 0.2) is 0 Å². The summed E-state index contributed by atoms with van der Waals surface area (Å²) in [5.41, 5.74) is 0. The number of hydrogen-bond donors (Lipinski definition) is 1. The van der Waals surface area contributed by atoms with Crippen LogP contribution < -0.4 is 9.96 Å². The summed E-state index contributed by atoms with van der Waals surface area (Å²) in [6.07, 6.45) is 5.81. The second-order valence-corrected chi connectivity index (χ2v) is 8.50. The van der Waals surface area contributed by atoms with Gasteiger partial charge in [-0.3, -0.25) is 4.65 Å². The van der Waals surface area contributed by atoms with E-state index in [1.807, 2.05) is 11.9 Å². The zero-order valence-electron chi connectivity index (χ0n) is 15.0. The average molecular weight is 404 g/mol. The summed E-state index contributed by atoms with van der Waals surface area (Å²) in [6.45, 7) is 0.545. The number of amides is 1. The molecule has 1 saturated heterocycles. The summed E-state index contributed by atoms with van der Waals surface area (Å²) in [7, 11) is 1.83. The van der Waals surface area contributed by atoms with Crippen molar-refractivity contribution in [3.05, 3.63) is 10.2 Å². The van der Waals surface area contributed by atoms with Crippen molar-refractivity contribution in [2.45, 2.75) is 57.2 Å². The Kier molecular flexibility index (Phi) is 6.68. The standard InChI is InChI=1S/C16H26ClN5O3S/c1-21-10-14(25-16(23)18-12-6-4-2-3-5-7-12)22(24,11-21)15-20-19-13(26-15)8-9-17/h12,14H,2-11H2,1H3,(H,18,23). The lowest BCUT2D eigenvalue weighted by molar-refractivity contribution is 0.0436. The molecule has 1 N–H and O–H groups in total. The molecule has 1 aromatic heterocycles. The van der Waals surface area contributed by atoms with Gasteiger partial charge in [0.25, 0.3) is 6.23 Å². The number of nitrogens with zero attached hydrogens (tertiary/aromatic N) is 4. The molecule has 8 nitrogen and oxygen atoms in total. The van der Waals surface area contributed by atoms with Crippen LogP contribution in [-0.2, 0) is 11.2 Å². The van der Waals surface area contributed by atoms with E-state index >= 15 is 0 Å². The van der Waals surface area contributed by atoms with Gasteiger partial charge in [0.1, 0.15) is 11.7 Å². The maximum atomic E-state index is 13.4. The molecule has 2 unspecified atom stereocenters. The van der Waals surface area contributed by atoms with Gasteiger partial charge in [0.2, 0.25) is 0 Å². The predicted octanol–water partition coefficient (Wildman–Crippen LogP) is 2.80. The molecule has 26 heavy (non-hydrogen) atoms. The predicted molar refractivity (Wildman–Crippen MR) is 102 cm³/mol. The number of aromatic nitrogens is 2. The maximum absolute atomic E-state index is 13.4. The van der Waals surface area contributed by atoms with Gasteiger partial charge in [-0.15, -0.1) is 16.7 Å². The third kappa shape index (κ3) is 4.64. The topological polar surface area (TPSA) is 90.4 Å². The zero-order valence-corrected chi connectivity index (χ0v) is 16.6. The Balaban J connectivity index is 1.65. The highest BCUT2D eigenvalue weighted by atomic mass is 35.5. The van der Waals surface area contributed by atoms with Crippen LogP contribution in [0.3, 0.4) is 0 Å². The fourth-order valence-corrected chi connectivity index (χ4v) is 4.74. The van der Waals surface area contributed by atoms with Crippen molar-refractivity contribution in [3.8, 4) is 0 Å². The monoisotopic (exact) mass is 403 g/mol. The van der Waals surface area contributed by atoms with E-state index in [4.69, 9.17) is 16.3 Å². The second kappa shape index (κ2) is 8.79. The summed E-state index contributed by atoms with van der Waals surface area (Å²) in [4.78, 5) is 14.2. The van der Waals surface area contributed by atoms with E-state index in [2.05, 4.69) is 15.5 Å². The van der Waals surface area contributed by atoms with Crippen molar-refractivity contribution in [3.63, 3.8) is 0 Å². The number of hydroxylamine groups is 2. The van der Waals surface area contributed by atoms with Crippen molar-refractivity contribution in [2.75, 3.05) is 26.1 Å². The van der Waals surface area contributed by atoms with Gasteiger partial charge in [-0.05, 0) is 31.2 Å². The molecule has 1 saturated carbocycles. The van der Waals surface area contributed by atoms with Gasteiger partial charge in [-0.1, -0.05) is 30.8 Å². The first-order valence-electron chi connectivity index (χ1n) is 9.14. The third-order valence-corrected chi connectivity index (χ3v) is 6.18. The molecule has 2 atom stereocenters. The fourth-order valence-electron chi connectivity index (χ4n) is 3.54. The molecule has 10 heteroatoms. The molecule has 146 valence electrons. The van der Waals surface area contributed by atoms with Crippen molar-refractivity contribution in [1.29, 1.82) is 0 Å². The number of carbonyl (C=O) groups is 1. The highest BCUT2D eigenvalue weighted by molar-refractivity contribution is 7.15. The number of alkyl halides is 1. The normalized spacial score (nSPS) is 28.0. The molecule has 3 rings (SSSR count). The summed E-state index contributed by atoms with van der Waals surface area (Å²) in [5, 5.41) is 25.4. The van der Waals surface area contributed by atoms with E-state index in [1.54, 1.807) is 0 Å². The van der Waals surface area contributed by atoms with Crippen molar-refractivity contribution < 1.29 is 9.53 Å². The van der Waals surface area contributed by atoms with Gasteiger partial charge in [0.15, 0.2) is 0 Å². The lowest BCUT2D eigenvalue weighted by Crippen LogP contribution is -2.52. The SMILES string of the molecule is CN1CC(OC(=O)NC2CCCCCC2)[N+]([O-])(c2nnc(CCCl)s2)C1. The van der Waals surface area contributed by atoms with E-state index in [1.165, 1.54) is 24.2 Å². The number of quaternary nitrogens is 1. The Morgan fingerprint density at radius 1 is 1.38 bits per heavy atom. The molecule has 1 aliphatic carbocycles. The molecular formula is C16H26ClN5O3S. The number of carbonyl (C=O) groups excluding carboxylic acids is 1. The minimum atomic E-state index is -0.845. The summed E-state index contributed by atoms with van der Waals surface area (Å²) < 4.78 is 4.73. The summed E-state index contributed by atoms with van der Waals surface area (Å²) >= 11 is 6.97. The highest BCUT2D eigenvalue weighted by Gasteiger charge is 2.45. The van der Waals surface area contributed by atoms with Crippen molar-refractivity contribution >= 4 is 34.2 Å². The van der Waals surface area contributed by atoms with Crippen molar-refractivity contribution in [1.82, 2.24) is 25.1 Å². The second-order valence-electron chi connectivity index (χ2n) is 7.09. The fraction of sp³-hybridized carbons (Fsp3) is 0.812. The molecule has 0 spiro atoms. The molecule has 2 heterocycles. The minimum Gasteiger partial charge on any atom is -0.622 e. The smallest absolute Gasteiger partial charge is 0.411 e. The molecule has 1 aromatic rings. The van der Waals surface area contributed by atoms with E-state index in [0.29, 0.717) is 24.0 Å². The molecule has 1 amide bonds. The molecule has 2 aliphatic rings. The number of rotatable bonds is 5. The number of hydrogen-bond acceptors (Lipinski definition) is 7. The first-order valence-corrected chi connectivity index (χ1v) is 10.5. The van der Waals surface area contributed by atoms with Gasteiger partial charge in [0, 0.05) is 18.3 Å². The first-order chi connectivity index (χ1) is 12.5. The number of likely N-dealkylation sites (N-methyl/N-ethyl adjacent to an activating group) is 1. The van der Waals surface area contributed by atoms with Crippen LogP contribution in [0.2, 0.25) is 0 Å². The van der Waals surface area contributed by atoms with Gasteiger partial charge >= 0.3 is 11.2 Å². The van der Waals surface area contributed by atoms with Crippen LogP contribution in [0, 0.1) is 5.21 Å². The number of aryl methyl sites for hydroxylation is 1. The van der Waals surface area contributed by atoms with Crippen LogP contribution in [0.4, 0.5) is 9.93 Å². The molecule has 0 radical (unpaired) electrons. The Morgan fingerprint density at radius 2 is 2.12 bits per heavy atom. The van der Waals surface area contributed by atoms with E-state index in [0.717, 1.165) is 30.7 Å². The largest absolute Gasteiger partial charge is 0.622 e. The van der Waals surface area contributed by atoms with Crippen LogP contribution in [0.25, 0.3) is 0 Å². The van der Waals surface area contributed by atoms with E-state index in [-0.39, 0.29) is 12.7 Å². The molecular weight excluding hydrogens is 378 g/mol. The maximum Gasteiger partial charge on any atom is 0.411 e. The highest BCUT2D eigenvalue weighted by Crippen LogP contribution is 2.34. The first kappa shape index (κ1) is 19.8. The minimum absolute atomic E-state index is 0.134. The van der Waals surface area contributed by atoms with Crippen LogP contribution in [0.1, 0.15) is 43.5 Å². The van der Waals surface area contributed by atoms with E-state index in [9.17, 15) is 10.0 Å². The van der Waals surface area contributed by atoms with Crippen LogP contribution in [-0.4, -0.2) is 59.6 Å². The van der Waals surface area contributed by atoms with Crippen LogP contribution >= 0.6 is 22.9 Å². The number of ether oxygens (including phenoxy) is 1. The van der Waals surface area contributed by atoms with Gasteiger partial charge in [-0.25, -0.2) is 9.69 Å². The molecule has 0 aromatic carbocycles. The van der Waals surface area contributed by atoms with Gasteiger partial charge in [0.05, 0.1) is 6.54 Å². The molecule has 2 fully saturated rings. The third-order valence-electron chi connectivity index (χ3n) is 4.89. The number of halogens is 1. The summed E-state index contributed by atoms with van der Waals surface area (Å²) in [6, 6.07) is 0.134. The summed E-state index contributed by atoms with van der Waals surface area (Å²) in [5.74, 6) is 0.428. The average Bonchev–Trinajstić information content (AvgIpc) is 3.06. The molecule has 0 bridgehead atoms. The molecule has 1 aliphatic heterocycles. The lowest BCUT2D eigenvalue weighted by atomic mass is 10.1. The number of alkyl carbamates (subject to hydrolysis) is 1. The quantitative estimate of drug-likeness (QED) is 0.352. The van der Waals surface area contributed by atoms with E-state index < -0.39 is 17.0 Å². The van der Waals surface area contributed by atoms with Gasteiger partial charge in [-0.2, -0.15) is 0 Å². The Bertz CT molecular complexity index is 610. The lowest BCUT2D eigenvalue weighted by Gasteiger charge is -2.38. The zero-order chi connectivity index (χ0) is 18.6. The number of nitrogens with one attached hydrogen (secondary N) is 1. The Hall–Kier alpha value is -1.00. The van der Waals surface area contributed by atoms with Crippen molar-refractivity contribution in [2.24, 2.45) is 0 Å². The Labute approximate surface area is 162 Å². The Morgan fingerprint density at radius 3 is 2.81 bits per heavy atom. The van der Waals surface area contributed by atoms with Crippen LogP contribution in [0.5, 0.6) is 0 Å². The van der Waals surface area contributed by atoms with Gasteiger partial charge < -0.3 is 15.3 Å².